The summed E-state index contributed by atoms with van der Waals surface area (Å²) < 4.78 is 42.8. The van der Waals surface area contributed by atoms with Crippen molar-refractivity contribution < 1.29 is 22.1 Å². The fourth-order valence-electron chi connectivity index (χ4n) is 1.90. The lowest BCUT2D eigenvalue weighted by Gasteiger charge is -2.27. The molecule has 0 fully saturated rings. The minimum atomic E-state index is -2.73. The molecule has 1 aromatic rings. The van der Waals surface area contributed by atoms with E-state index >= 15 is 0 Å². The fraction of sp³-hybridized carbons (Fsp3) is 0.538. The van der Waals surface area contributed by atoms with Crippen LogP contribution < -0.4 is 0 Å². The van der Waals surface area contributed by atoms with Crippen LogP contribution in [0, 0.1) is 11.6 Å². The molecule has 108 valence electrons. The highest BCUT2D eigenvalue weighted by molar-refractivity contribution is 6.60. The van der Waals surface area contributed by atoms with Gasteiger partial charge in [-0.3, -0.25) is 0 Å². The minimum absolute atomic E-state index is 0.453. The Balaban J connectivity index is 2.74. The van der Waals surface area contributed by atoms with E-state index in [2.05, 4.69) is 0 Å². The average Bonchev–Trinajstić information content (AvgIpc) is 2.35. The molecule has 0 spiro atoms. The Kier molecular flexibility index (Phi) is 6.57. The van der Waals surface area contributed by atoms with E-state index in [1.807, 2.05) is 13.8 Å². The van der Waals surface area contributed by atoms with Crippen LogP contribution in [0.25, 0.3) is 0 Å². The van der Waals surface area contributed by atoms with Crippen molar-refractivity contribution in [3.8, 4) is 0 Å². The molecule has 0 radical (unpaired) electrons. The molecule has 0 heterocycles. The van der Waals surface area contributed by atoms with Crippen molar-refractivity contribution in [2.75, 3.05) is 20.3 Å². The van der Waals surface area contributed by atoms with Gasteiger partial charge < -0.3 is 13.3 Å². The van der Waals surface area contributed by atoms with E-state index in [-0.39, 0.29) is 0 Å². The van der Waals surface area contributed by atoms with Gasteiger partial charge in [0.1, 0.15) is 11.6 Å². The maximum absolute atomic E-state index is 13.1. The fourth-order valence-corrected chi connectivity index (χ4v) is 4.18. The van der Waals surface area contributed by atoms with E-state index in [9.17, 15) is 8.78 Å². The lowest BCUT2D eigenvalue weighted by atomic mass is 10.2. The predicted molar refractivity (Wildman–Crippen MR) is 70.9 cm³/mol. The highest BCUT2D eigenvalue weighted by atomic mass is 28.4. The van der Waals surface area contributed by atoms with Crippen LogP contribution in [0.4, 0.5) is 8.78 Å². The molecule has 1 aromatic carbocycles. The lowest BCUT2D eigenvalue weighted by Crippen LogP contribution is -2.45. The summed E-state index contributed by atoms with van der Waals surface area (Å²) in [5.74, 6) is -1.15. The first kappa shape index (κ1) is 16.2. The first-order valence-electron chi connectivity index (χ1n) is 6.33. The van der Waals surface area contributed by atoms with Crippen molar-refractivity contribution in [3.05, 3.63) is 35.4 Å². The average molecular weight is 290 g/mol. The predicted octanol–water partition coefficient (Wildman–Crippen LogP) is 3.17. The molecule has 0 N–H and O–H groups in total. The second-order valence-corrected chi connectivity index (χ2v) is 6.88. The quantitative estimate of drug-likeness (QED) is 0.688. The monoisotopic (exact) mass is 290 g/mol. The van der Waals surface area contributed by atoms with Gasteiger partial charge in [-0.05, 0) is 38.0 Å². The van der Waals surface area contributed by atoms with Gasteiger partial charge in [0.05, 0.1) is 0 Å². The lowest BCUT2D eigenvalue weighted by molar-refractivity contribution is 0.0867. The van der Waals surface area contributed by atoms with Crippen LogP contribution in [0.15, 0.2) is 18.2 Å². The molecule has 0 saturated carbocycles. The van der Waals surface area contributed by atoms with Crippen LogP contribution in [0.1, 0.15) is 19.4 Å². The molecule has 0 unspecified atom stereocenters. The second-order valence-electron chi connectivity index (χ2n) is 4.03. The third kappa shape index (κ3) is 4.98. The molecule has 0 saturated heterocycles. The summed E-state index contributed by atoms with van der Waals surface area (Å²) in [6.07, 6.45) is 0.453. The maximum Gasteiger partial charge on any atom is 0.501 e. The molecule has 0 amide bonds. The molecule has 6 heteroatoms. The van der Waals surface area contributed by atoms with E-state index in [1.54, 1.807) is 7.11 Å². The second kappa shape index (κ2) is 7.69. The van der Waals surface area contributed by atoms with E-state index in [0.717, 1.165) is 6.07 Å². The standard InChI is InChI=1S/C13H20F2O3Si/c1-4-17-19(16-3,18-5-2)7-6-11-8-12(14)10-13(15)9-11/h8-10H,4-7H2,1-3H3. The van der Waals surface area contributed by atoms with Gasteiger partial charge in [0.25, 0.3) is 0 Å². The Morgan fingerprint density at radius 1 is 1.00 bits per heavy atom. The number of halogens is 2. The van der Waals surface area contributed by atoms with Crippen molar-refractivity contribution in [1.29, 1.82) is 0 Å². The van der Waals surface area contributed by atoms with Crippen molar-refractivity contribution in [2.24, 2.45) is 0 Å². The van der Waals surface area contributed by atoms with Crippen LogP contribution in [-0.4, -0.2) is 29.1 Å². The molecule has 0 aliphatic carbocycles. The van der Waals surface area contributed by atoms with Gasteiger partial charge in [0, 0.05) is 32.4 Å². The SMILES string of the molecule is CCO[Si](CCc1cc(F)cc(F)c1)(OC)OCC. The van der Waals surface area contributed by atoms with Gasteiger partial charge in [-0.1, -0.05) is 0 Å². The van der Waals surface area contributed by atoms with Crippen LogP contribution in [0.2, 0.25) is 6.04 Å². The molecule has 0 aliphatic rings. The van der Waals surface area contributed by atoms with Crippen molar-refractivity contribution in [3.63, 3.8) is 0 Å². The van der Waals surface area contributed by atoms with Gasteiger partial charge >= 0.3 is 8.80 Å². The van der Waals surface area contributed by atoms with Gasteiger partial charge in [-0.2, -0.15) is 0 Å². The largest absolute Gasteiger partial charge is 0.501 e. The third-order valence-electron chi connectivity index (χ3n) is 2.68. The van der Waals surface area contributed by atoms with E-state index in [0.29, 0.717) is 31.2 Å². The van der Waals surface area contributed by atoms with Gasteiger partial charge in [-0.15, -0.1) is 0 Å². The summed E-state index contributed by atoms with van der Waals surface area (Å²) in [6.45, 7) is 4.69. The van der Waals surface area contributed by atoms with Gasteiger partial charge in [0.15, 0.2) is 0 Å². The Morgan fingerprint density at radius 3 is 1.95 bits per heavy atom. The van der Waals surface area contributed by atoms with E-state index < -0.39 is 20.4 Å². The Labute approximate surface area is 113 Å². The van der Waals surface area contributed by atoms with Crippen molar-refractivity contribution >= 4 is 8.80 Å². The van der Waals surface area contributed by atoms with Crippen molar-refractivity contribution in [2.45, 2.75) is 26.3 Å². The molecule has 0 bridgehead atoms. The minimum Gasteiger partial charge on any atom is -0.377 e. The molecule has 0 aromatic heterocycles. The summed E-state index contributed by atoms with van der Waals surface area (Å²) in [7, 11) is -1.19. The van der Waals surface area contributed by atoms with Crippen molar-refractivity contribution in [1.82, 2.24) is 0 Å². The third-order valence-corrected chi connectivity index (χ3v) is 5.62. The van der Waals surface area contributed by atoms with E-state index in [4.69, 9.17) is 13.3 Å². The van der Waals surface area contributed by atoms with Gasteiger partial charge in [0.2, 0.25) is 0 Å². The smallest absolute Gasteiger partial charge is 0.377 e. The van der Waals surface area contributed by atoms with Crippen LogP contribution in [0.5, 0.6) is 0 Å². The summed E-state index contributed by atoms with van der Waals surface area (Å²) in [4.78, 5) is 0. The molecule has 3 nitrogen and oxygen atoms in total. The first-order chi connectivity index (χ1) is 9.05. The molecular formula is C13H20F2O3Si. The number of hydrogen-bond donors (Lipinski definition) is 0. The number of aryl methyl sites for hydroxylation is 1. The zero-order valence-corrected chi connectivity index (χ0v) is 12.5. The molecule has 1 rings (SSSR count). The summed E-state index contributed by atoms with van der Waals surface area (Å²) in [5.41, 5.74) is 0.575. The Bertz CT molecular complexity index is 375. The van der Waals surface area contributed by atoms with E-state index in [1.165, 1.54) is 12.1 Å². The van der Waals surface area contributed by atoms with Crippen LogP contribution in [0.3, 0.4) is 0 Å². The molecule has 19 heavy (non-hydrogen) atoms. The molecule has 0 aliphatic heterocycles. The Hall–Kier alpha value is -0.823. The zero-order valence-electron chi connectivity index (χ0n) is 11.5. The normalized spacial score (nSPS) is 11.8. The zero-order chi connectivity index (χ0) is 14.3. The van der Waals surface area contributed by atoms with Gasteiger partial charge in [-0.25, -0.2) is 8.78 Å². The number of benzene rings is 1. The van der Waals surface area contributed by atoms with Crippen LogP contribution in [-0.2, 0) is 19.7 Å². The van der Waals surface area contributed by atoms with Crippen LogP contribution >= 0.6 is 0 Å². The molecular weight excluding hydrogens is 270 g/mol. The highest BCUT2D eigenvalue weighted by Gasteiger charge is 2.38. The summed E-state index contributed by atoms with van der Waals surface area (Å²) >= 11 is 0. The highest BCUT2D eigenvalue weighted by Crippen LogP contribution is 2.19. The summed E-state index contributed by atoms with van der Waals surface area (Å²) in [6, 6.07) is 3.98. The molecule has 0 atom stereocenters. The maximum atomic E-state index is 13.1. The number of rotatable bonds is 8. The topological polar surface area (TPSA) is 27.7 Å². The Morgan fingerprint density at radius 2 is 1.53 bits per heavy atom. The first-order valence-corrected chi connectivity index (χ1v) is 8.26. The number of hydrogen-bond acceptors (Lipinski definition) is 3. The summed E-state index contributed by atoms with van der Waals surface area (Å²) in [5, 5.41) is 0.